The van der Waals surface area contributed by atoms with Crippen LogP contribution in [-0.4, -0.2) is 66.0 Å². The van der Waals surface area contributed by atoms with Gasteiger partial charge in [-0.3, -0.25) is 9.59 Å². The molecule has 2 fully saturated rings. The van der Waals surface area contributed by atoms with Crippen molar-refractivity contribution in [3.05, 3.63) is 12.2 Å². The first kappa shape index (κ1) is 18.5. The molecule has 2 heterocycles. The van der Waals surface area contributed by atoms with Crippen LogP contribution < -0.4 is 0 Å². The van der Waals surface area contributed by atoms with Crippen LogP contribution in [0.5, 0.6) is 0 Å². The fourth-order valence-corrected chi connectivity index (χ4v) is 3.36. The van der Waals surface area contributed by atoms with Crippen molar-refractivity contribution in [1.82, 2.24) is 9.80 Å². The highest BCUT2D eigenvalue weighted by Gasteiger charge is 2.46. The molecule has 3 atom stereocenters. The van der Waals surface area contributed by atoms with Gasteiger partial charge in [0.05, 0.1) is 18.2 Å². The van der Waals surface area contributed by atoms with Gasteiger partial charge in [-0.2, -0.15) is 0 Å². The van der Waals surface area contributed by atoms with Crippen molar-refractivity contribution in [1.29, 1.82) is 0 Å². The zero-order chi connectivity index (χ0) is 18.1. The Morgan fingerprint density at radius 1 is 1.42 bits per heavy atom. The Morgan fingerprint density at radius 3 is 2.58 bits per heavy atom. The molecule has 2 saturated heterocycles. The summed E-state index contributed by atoms with van der Waals surface area (Å²) in [5.74, 6) is -0.940. The van der Waals surface area contributed by atoms with E-state index < -0.39 is 23.5 Å². The van der Waals surface area contributed by atoms with Gasteiger partial charge in [-0.1, -0.05) is 13.0 Å². The average molecular weight is 334 g/mol. The van der Waals surface area contributed by atoms with Gasteiger partial charge in [0.2, 0.25) is 7.85 Å². The second kappa shape index (κ2) is 6.97. The predicted molar refractivity (Wildman–Crippen MR) is 87.4 cm³/mol. The summed E-state index contributed by atoms with van der Waals surface area (Å²) in [6.07, 6.45) is 3.25. The molecule has 0 aromatic carbocycles. The summed E-state index contributed by atoms with van der Waals surface area (Å²) in [5, 5.41) is 0. The van der Waals surface area contributed by atoms with E-state index in [0.717, 1.165) is 4.90 Å². The molecule has 2 aliphatic heterocycles. The van der Waals surface area contributed by atoms with E-state index in [1.807, 2.05) is 6.92 Å². The van der Waals surface area contributed by atoms with Gasteiger partial charge >= 0.3 is 6.09 Å². The molecule has 0 saturated carbocycles. The lowest BCUT2D eigenvalue weighted by molar-refractivity contribution is -0.123. The Labute approximate surface area is 143 Å². The summed E-state index contributed by atoms with van der Waals surface area (Å²) in [7, 11) is 5.47. The van der Waals surface area contributed by atoms with E-state index >= 15 is 0 Å². The fraction of sp³-hybridized carbons (Fsp3) is 0.688. The van der Waals surface area contributed by atoms with Crippen LogP contribution >= 0.6 is 0 Å². The zero-order valence-electron chi connectivity index (χ0n) is 14.5. The first-order valence-corrected chi connectivity index (χ1v) is 8.12. The maximum atomic E-state index is 12.1. The van der Waals surface area contributed by atoms with Crippen molar-refractivity contribution in [3.8, 4) is 0 Å². The molecular weight excluding hydrogens is 311 g/mol. The molecule has 2 radical (unpaired) electrons. The van der Waals surface area contributed by atoms with Gasteiger partial charge in [0.25, 0.3) is 5.91 Å². The highest BCUT2D eigenvalue weighted by molar-refractivity contribution is 6.57. The van der Waals surface area contributed by atoms with Crippen molar-refractivity contribution < 1.29 is 23.9 Å². The summed E-state index contributed by atoms with van der Waals surface area (Å²) < 4.78 is 10.8. The Hall–Kier alpha value is -1.83. The topological polar surface area (TPSA) is 76.2 Å². The fourth-order valence-electron chi connectivity index (χ4n) is 3.36. The Bertz CT molecular complexity index is 563. The maximum Gasteiger partial charge on any atom is 0.417 e. The van der Waals surface area contributed by atoms with Crippen LogP contribution in [0.3, 0.4) is 0 Å². The van der Waals surface area contributed by atoms with E-state index in [2.05, 4.69) is 0 Å². The summed E-state index contributed by atoms with van der Waals surface area (Å²) >= 11 is 0. The molecule has 0 aliphatic carbocycles. The van der Waals surface area contributed by atoms with Gasteiger partial charge in [0.15, 0.2) is 5.81 Å². The average Bonchev–Trinajstić information content (AvgIpc) is 2.94. The predicted octanol–water partition coefficient (Wildman–Crippen LogP) is 1.80. The third-order valence-corrected chi connectivity index (χ3v) is 4.39. The second-order valence-corrected chi connectivity index (χ2v) is 6.56. The number of hydrogen-bond donors (Lipinski definition) is 0. The molecule has 0 bridgehead atoms. The molecule has 0 aromatic heterocycles. The minimum absolute atomic E-state index is 0.159. The largest absolute Gasteiger partial charge is 0.447 e. The lowest BCUT2D eigenvalue weighted by Gasteiger charge is -2.33. The van der Waals surface area contributed by atoms with E-state index in [9.17, 15) is 14.4 Å². The van der Waals surface area contributed by atoms with Crippen LogP contribution in [-0.2, 0) is 14.3 Å². The van der Waals surface area contributed by atoms with E-state index in [4.69, 9.17) is 17.3 Å². The second-order valence-electron chi connectivity index (χ2n) is 6.56. The van der Waals surface area contributed by atoms with Gasteiger partial charge in [0, 0.05) is 0 Å². The Morgan fingerprint density at radius 2 is 2.08 bits per heavy atom. The number of carbonyl (C=O) groups is 3. The lowest BCUT2D eigenvalue weighted by atomic mass is 9.99. The van der Waals surface area contributed by atoms with E-state index in [1.54, 1.807) is 26.8 Å². The Kier molecular flexibility index (Phi) is 5.37. The van der Waals surface area contributed by atoms with Gasteiger partial charge in [-0.05, 0) is 39.7 Å². The van der Waals surface area contributed by atoms with Crippen LogP contribution in [0.15, 0.2) is 12.2 Å². The van der Waals surface area contributed by atoms with Gasteiger partial charge < -0.3 is 14.4 Å². The van der Waals surface area contributed by atoms with E-state index in [1.165, 1.54) is 11.0 Å². The quantitative estimate of drug-likeness (QED) is 0.579. The third kappa shape index (κ3) is 3.48. The maximum absolute atomic E-state index is 12.1. The SMILES string of the molecule is [B]C(=O)N1C(CC)C(C/C=C/C(=O)N2C(=O)OCC2C)OC1(C)C. The smallest absolute Gasteiger partial charge is 0.417 e. The van der Waals surface area contributed by atoms with Crippen molar-refractivity contribution in [2.45, 2.75) is 64.4 Å². The molecule has 130 valence electrons. The highest BCUT2D eigenvalue weighted by atomic mass is 16.6. The molecule has 0 aromatic rings. The van der Waals surface area contributed by atoms with Crippen LogP contribution in [0.2, 0.25) is 0 Å². The van der Waals surface area contributed by atoms with Crippen LogP contribution in [0.25, 0.3) is 0 Å². The first-order chi connectivity index (χ1) is 11.2. The molecular formula is C16H23BN2O5. The van der Waals surface area contributed by atoms with Gasteiger partial charge in [-0.25, -0.2) is 9.69 Å². The summed E-state index contributed by atoms with van der Waals surface area (Å²) in [6, 6.07) is -0.432. The van der Waals surface area contributed by atoms with E-state index in [0.29, 0.717) is 12.8 Å². The van der Waals surface area contributed by atoms with Gasteiger partial charge in [0.1, 0.15) is 12.3 Å². The number of amides is 3. The lowest BCUT2D eigenvalue weighted by Crippen LogP contribution is -2.47. The number of rotatable bonds is 4. The molecule has 3 amide bonds. The van der Waals surface area contributed by atoms with Crippen molar-refractivity contribution >= 4 is 25.7 Å². The Balaban J connectivity index is 2.02. The third-order valence-electron chi connectivity index (χ3n) is 4.39. The number of imide groups is 1. The number of nitrogens with zero attached hydrogens (tertiary/aromatic N) is 2. The number of cyclic esters (lactones) is 1. The summed E-state index contributed by atoms with van der Waals surface area (Å²) in [4.78, 5) is 37.9. The number of carbonyl (C=O) groups excluding carboxylic acids is 3. The monoisotopic (exact) mass is 334 g/mol. The van der Waals surface area contributed by atoms with Crippen molar-refractivity contribution in [2.75, 3.05) is 6.61 Å². The molecule has 3 unspecified atom stereocenters. The molecule has 8 heteroatoms. The van der Waals surface area contributed by atoms with E-state index in [-0.39, 0.29) is 24.8 Å². The van der Waals surface area contributed by atoms with Crippen molar-refractivity contribution in [3.63, 3.8) is 0 Å². The standard InChI is InChI=1S/C16H23BN2O5/c1-5-11-12(24-16(3,4)19(11)14(17)21)7-6-8-13(20)18-10(2)9-23-15(18)22/h6,8,10-12H,5,7,9H2,1-4H3/b8-6+. The minimum Gasteiger partial charge on any atom is -0.447 e. The normalized spacial score (nSPS) is 29.3. The first-order valence-electron chi connectivity index (χ1n) is 8.12. The molecule has 2 rings (SSSR count). The number of ether oxygens (including phenoxy) is 2. The molecule has 2 aliphatic rings. The van der Waals surface area contributed by atoms with Gasteiger partial charge in [-0.15, -0.1) is 0 Å². The number of hydrogen-bond acceptors (Lipinski definition) is 5. The molecule has 7 nitrogen and oxygen atoms in total. The molecule has 0 spiro atoms. The minimum atomic E-state index is -0.789. The molecule has 24 heavy (non-hydrogen) atoms. The summed E-state index contributed by atoms with van der Waals surface area (Å²) in [6.45, 7) is 7.49. The van der Waals surface area contributed by atoms with Crippen LogP contribution in [0, 0.1) is 0 Å². The van der Waals surface area contributed by atoms with Crippen LogP contribution in [0.4, 0.5) is 9.59 Å². The van der Waals surface area contributed by atoms with Crippen LogP contribution in [0.1, 0.15) is 40.5 Å². The highest BCUT2D eigenvalue weighted by Crippen LogP contribution is 2.35. The summed E-state index contributed by atoms with van der Waals surface area (Å²) in [5.41, 5.74) is -0.789. The zero-order valence-corrected chi connectivity index (χ0v) is 14.5. The van der Waals surface area contributed by atoms with Crippen molar-refractivity contribution in [2.24, 2.45) is 0 Å². The molecule has 0 N–H and O–H groups in total.